The van der Waals surface area contributed by atoms with Gasteiger partial charge in [0.25, 0.3) is 0 Å². The minimum absolute atomic E-state index is 0.135. The van der Waals surface area contributed by atoms with Crippen LogP contribution >= 0.6 is 0 Å². The molecule has 1 nitrogen and oxygen atoms in total. The van der Waals surface area contributed by atoms with Crippen molar-refractivity contribution >= 4 is 5.78 Å². The lowest BCUT2D eigenvalue weighted by Crippen LogP contribution is -2.46. The average Bonchev–Trinajstić information content (AvgIpc) is 2.51. The van der Waals surface area contributed by atoms with Crippen LogP contribution in [0, 0.1) is 23.2 Å². The Bertz CT molecular complexity index is 373. The Morgan fingerprint density at radius 2 is 2.19 bits per heavy atom. The van der Waals surface area contributed by atoms with Crippen LogP contribution in [0.2, 0.25) is 0 Å². The molecule has 0 aliphatic heterocycles. The Balaban J connectivity index is 2.42. The number of allylic oxidation sites excluding steroid dienone is 1. The highest BCUT2D eigenvalue weighted by Crippen LogP contribution is 2.63. The number of carbonyl (C=O) groups excluding carboxylic acids is 1. The van der Waals surface area contributed by atoms with E-state index in [0.29, 0.717) is 12.2 Å². The highest BCUT2D eigenvalue weighted by molar-refractivity contribution is 5.90. The maximum Gasteiger partial charge on any atom is 0.143 e. The van der Waals surface area contributed by atoms with Crippen molar-refractivity contribution in [1.29, 1.82) is 0 Å². The molecule has 0 aromatic heterocycles. The third-order valence-corrected chi connectivity index (χ3v) is 4.87. The van der Waals surface area contributed by atoms with E-state index in [-0.39, 0.29) is 10.8 Å². The number of hydrogen-bond acceptors (Lipinski definition) is 1. The Morgan fingerprint density at radius 1 is 1.44 bits per heavy atom. The van der Waals surface area contributed by atoms with Gasteiger partial charge in [0.1, 0.15) is 5.78 Å². The third-order valence-electron chi connectivity index (χ3n) is 4.87. The van der Waals surface area contributed by atoms with E-state index in [2.05, 4.69) is 19.4 Å². The molecule has 2 saturated carbocycles. The molecule has 1 heteroatoms. The highest BCUT2D eigenvalue weighted by atomic mass is 16.1. The van der Waals surface area contributed by atoms with Crippen molar-refractivity contribution in [1.82, 2.24) is 0 Å². The molecule has 0 bridgehead atoms. The fourth-order valence-electron chi connectivity index (χ4n) is 3.88. The monoisotopic (exact) mass is 216 g/mol. The molecule has 16 heavy (non-hydrogen) atoms. The van der Waals surface area contributed by atoms with Crippen molar-refractivity contribution in [2.45, 2.75) is 51.9 Å². The largest absolute Gasteiger partial charge is 0.299 e. The summed E-state index contributed by atoms with van der Waals surface area (Å²) in [6, 6.07) is 0. The Morgan fingerprint density at radius 3 is 2.88 bits per heavy atom. The molecule has 2 fully saturated rings. The summed E-state index contributed by atoms with van der Waals surface area (Å²) in [4.78, 5) is 12.4. The molecule has 0 aromatic rings. The van der Waals surface area contributed by atoms with Crippen molar-refractivity contribution < 1.29 is 4.79 Å². The first-order valence-electron chi connectivity index (χ1n) is 6.22. The molecular weight excluding hydrogens is 196 g/mol. The maximum atomic E-state index is 12.4. The predicted octanol–water partition coefficient (Wildman–Crippen LogP) is 3.50. The van der Waals surface area contributed by atoms with Gasteiger partial charge in [0, 0.05) is 12.8 Å². The number of carbonyl (C=O) groups is 1. The van der Waals surface area contributed by atoms with Gasteiger partial charge in [-0.3, -0.25) is 4.79 Å². The number of ketones is 1. The van der Waals surface area contributed by atoms with Crippen LogP contribution in [0.15, 0.2) is 12.2 Å². The Hall–Kier alpha value is -1.03. The summed E-state index contributed by atoms with van der Waals surface area (Å²) in [5, 5.41) is 0. The van der Waals surface area contributed by atoms with Crippen molar-refractivity contribution in [2.24, 2.45) is 10.8 Å². The van der Waals surface area contributed by atoms with E-state index in [1.54, 1.807) is 0 Å². The van der Waals surface area contributed by atoms with Crippen molar-refractivity contribution in [3.8, 4) is 12.3 Å². The molecule has 2 aliphatic carbocycles. The van der Waals surface area contributed by atoms with Crippen molar-refractivity contribution in [3.63, 3.8) is 0 Å². The standard InChI is InChI=1S/C15H20O/c1-4-5-10-15-12(2)8-11-14(15,3)9-6-7-13(15)16/h1H,2,5-11H2,3H3/t14?,15-/m0/s1. The third kappa shape index (κ3) is 1.29. The van der Waals surface area contributed by atoms with Gasteiger partial charge >= 0.3 is 0 Å². The first-order valence-corrected chi connectivity index (χ1v) is 6.22. The number of Topliss-reactive ketones (excluding diaryl/α,β-unsaturated/α-hetero) is 1. The first kappa shape index (κ1) is 11.5. The van der Waals surface area contributed by atoms with Crippen LogP contribution in [0.4, 0.5) is 0 Å². The average molecular weight is 216 g/mol. The van der Waals surface area contributed by atoms with E-state index in [4.69, 9.17) is 6.42 Å². The molecule has 0 spiro atoms. The second-order valence-electron chi connectivity index (χ2n) is 5.55. The van der Waals surface area contributed by atoms with Gasteiger partial charge in [0.2, 0.25) is 0 Å². The molecule has 0 saturated heterocycles. The minimum atomic E-state index is -0.280. The molecule has 0 heterocycles. The zero-order valence-corrected chi connectivity index (χ0v) is 10.1. The van der Waals surface area contributed by atoms with E-state index in [0.717, 1.165) is 44.1 Å². The van der Waals surface area contributed by atoms with Crippen LogP contribution in [-0.2, 0) is 4.79 Å². The van der Waals surface area contributed by atoms with Gasteiger partial charge in [-0.2, -0.15) is 0 Å². The molecule has 2 rings (SSSR count). The van der Waals surface area contributed by atoms with Crippen molar-refractivity contribution in [3.05, 3.63) is 12.2 Å². The second kappa shape index (κ2) is 3.77. The van der Waals surface area contributed by atoms with Gasteiger partial charge in [-0.25, -0.2) is 0 Å². The molecule has 86 valence electrons. The second-order valence-corrected chi connectivity index (χ2v) is 5.55. The first-order chi connectivity index (χ1) is 7.57. The molecule has 2 atom stereocenters. The minimum Gasteiger partial charge on any atom is -0.299 e. The van der Waals surface area contributed by atoms with Gasteiger partial charge in [-0.1, -0.05) is 19.1 Å². The molecular formula is C15H20O. The lowest BCUT2D eigenvalue weighted by atomic mass is 9.55. The van der Waals surface area contributed by atoms with Crippen LogP contribution in [0.25, 0.3) is 0 Å². The molecule has 0 N–H and O–H groups in total. The quantitative estimate of drug-likeness (QED) is 0.510. The summed E-state index contributed by atoms with van der Waals surface area (Å²) in [5.41, 5.74) is 1.00. The van der Waals surface area contributed by atoms with Crippen molar-refractivity contribution in [2.75, 3.05) is 0 Å². The summed E-state index contributed by atoms with van der Waals surface area (Å²) in [5.74, 6) is 3.09. The fourth-order valence-corrected chi connectivity index (χ4v) is 3.88. The fraction of sp³-hybridized carbons (Fsp3) is 0.667. The summed E-state index contributed by atoms with van der Waals surface area (Å²) >= 11 is 0. The zero-order chi connectivity index (χ0) is 11.8. The molecule has 0 amide bonds. The topological polar surface area (TPSA) is 17.1 Å². The normalized spacial score (nSPS) is 38.2. The van der Waals surface area contributed by atoms with Gasteiger partial charge < -0.3 is 0 Å². The summed E-state index contributed by atoms with van der Waals surface area (Å²) in [7, 11) is 0. The summed E-state index contributed by atoms with van der Waals surface area (Å²) in [6.45, 7) is 6.43. The van der Waals surface area contributed by atoms with Gasteiger partial charge in [0.15, 0.2) is 0 Å². The maximum absolute atomic E-state index is 12.4. The molecule has 0 aromatic carbocycles. The van der Waals surface area contributed by atoms with Crippen LogP contribution in [0.3, 0.4) is 0 Å². The summed E-state index contributed by atoms with van der Waals surface area (Å²) in [6.07, 6.45) is 11.9. The lowest BCUT2D eigenvalue weighted by Gasteiger charge is -2.46. The van der Waals surface area contributed by atoms with Gasteiger partial charge in [0.05, 0.1) is 5.41 Å². The number of terminal acetylenes is 1. The predicted molar refractivity (Wildman–Crippen MR) is 65.8 cm³/mol. The van der Waals surface area contributed by atoms with E-state index < -0.39 is 0 Å². The van der Waals surface area contributed by atoms with E-state index >= 15 is 0 Å². The van der Waals surface area contributed by atoms with Gasteiger partial charge in [-0.05, 0) is 37.5 Å². The SMILES string of the molecule is C#CCC[C@@]12C(=C)CCC1(C)CCCC2=O. The number of hydrogen-bond donors (Lipinski definition) is 0. The zero-order valence-electron chi connectivity index (χ0n) is 10.1. The molecule has 0 radical (unpaired) electrons. The number of rotatable bonds is 2. The highest BCUT2D eigenvalue weighted by Gasteiger charge is 2.58. The van der Waals surface area contributed by atoms with Crippen LogP contribution in [-0.4, -0.2) is 5.78 Å². The smallest absolute Gasteiger partial charge is 0.143 e. The van der Waals surface area contributed by atoms with Gasteiger partial charge in [-0.15, -0.1) is 12.3 Å². The molecule has 1 unspecified atom stereocenters. The lowest BCUT2D eigenvalue weighted by molar-refractivity contribution is -0.136. The Kier molecular flexibility index (Phi) is 2.70. The van der Waals surface area contributed by atoms with Crippen LogP contribution in [0.1, 0.15) is 51.9 Å². The number of fused-ring (bicyclic) bond motifs is 1. The van der Waals surface area contributed by atoms with E-state index in [1.165, 1.54) is 0 Å². The van der Waals surface area contributed by atoms with Crippen LogP contribution < -0.4 is 0 Å². The van der Waals surface area contributed by atoms with Crippen LogP contribution in [0.5, 0.6) is 0 Å². The van der Waals surface area contributed by atoms with E-state index in [1.807, 2.05) is 0 Å². The van der Waals surface area contributed by atoms with E-state index in [9.17, 15) is 4.79 Å². The molecule has 2 aliphatic rings. The summed E-state index contributed by atoms with van der Waals surface area (Å²) < 4.78 is 0. The Labute approximate surface area is 98.3 Å².